The van der Waals surface area contributed by atoms with E-state index in [0.29, 0.717) is 18.1 Å². The molecular weight excluding hydrogens is 244 g/mol. The second-order valence-electron chi connectivity index (χ2n) is 3.93. The molecule has 2 aromatic heterocycles. The van der Waals surface area contributed by atoms with Gasteiger partial charge in [0.25, 0.3) is 5.91 Å². The Bertz CT molecular complexity index is 552. The molecule has 0 aliphatic heterocycles. The average molecular weight is 258 g/mol. The fourth-order valence-corrected chi connectivity index (χ4v) is 1.42. The summed E-state index contributed by atoms with van der Waals surface area (Å²) in [6.07, 6.45) is 4.67. The maximum atomic E-state index is 11.8. The number of amides is 1. The Morgan fingerprint density at radius 3 is 2.63 bits per heavy atom. The summed E-state index contributed by atoms with van der Waals surface area (Å²) in [5.41, 5.74) is 1.96. The number of nitrogens with zero attached hydrogens (tertiary/aromatic N) is 3. The van der Waals surface area contributed by atoms with Crippen molar-refractivity contribution in [3.05, 3.63) is 47.7 Å². The van der Waals surface area contributed by atoms with Gasteiger partial charge in [-0.05, 0) is 12.5 Å². The van der Waals surface area contributed by atoms with Gasteiger partial charge in [0.1, 0.15) is 5.69 Å². The number of aromatic nitrogens is 3. The first-order valence-corrected chi connectivity index (χ1v) is 5.75. The summed E-state index contributed by atoms with van der Waals surface area (Å²) in [5, 5.41) is 2.75. The highest BCUT2D eigenvalue weighted by Gasteiger charge is 2.07. The van der Waals surface area contributed by atoms with Gasteiger partial charge in [-0.3, -0.25) is 9.78 Å². The van der Waals surface area contributed by atoms with E-state index in [-0.39, 0.29) is 5.91 Å². The van der Waals surface area contributed by atoms with Crippen LogP contribution in [0.15, 0.2) is 30.7 Å². The summed E-state index contributed by atoms with van der Waals surface area (Å²) in [6, 6.07) is 3.58. The molecule has 1 N–H and O–H groups in total. The van der Waals surface area contributed by atoms with Crippen molar-refractivity contribution in [2.75, 3.05) is 7.11 Å². The summed E-state index contributed by atoms with van der Waals surface area (Å²) < 4.78 is 4.96. The molecule has 0 aliphatic rings. The van der Waals surface area contributed by atoms with Crippen molar-refractivity contribution in [2.24, 2.45) is 0 Å². The van der Waals surface area contributed by atoms with Crippen LogP contribution < -0.4 is 10.1 Å². The van der Waals surface area contributed by atoms with Crippen LogP contribution in [0.5, 0.6) is 5.88 Å². The monoisotopic (exact) mass is 258 g/mol. The Balaban J connectivity index is 1.94. The van der Waals surface area contributed by atoms with Crippen LogP contribution in [0.3, 0.4) is 0 Å². The zero-order valence-corrected chi connectivity index (χ0v) is 10.8. The van der Waals surface area contributed by atoms with E-state index >= 15 is 0 Å². The van der Waals surface area contributed by atoms with Crippen molar-refractivity contribution >= 4 is 5.91 Å². The maximum Gasteiger partial charge on any atom is 0.271 e. The van der Waals surface area contributed by atoms with Crippen LogP contribution in [0.2, 0.25) is 0 Å². The minimum absolute atomic E-state index is 0.261. The number of rotatable bonds is 4. The molecule has 1 amide bonds. The second-order valence-corrected chi connectivity index (χ2v) is 3.93. The molecule has 2 aromatic rings. The van der Waals surface area contributed by atoms with Crippen molar-refractivity contribution < 1.29 is 9.53 Å². The molecule has 98 valence electrons. The quantitative estimate of drug-likeness (QED) is 0.889. The van der Waals surface area contributed by atoms with Crippen LogP contribution in [0.1, 0.15) is 21.7 Å². The summed E-state index contributed by atoms with van der Waals surface area (Å²) >= 11 is 0. The van der Waals surface area contributed by atoms with Gasteiger partial charge in [0.05, 0.1) is 19.0 Å². The van der Waals surface area contributed by atoms with Crippen LogP contribution in [0, 0.1) is 6.92 Å². The van der Waals surface area contributed by atoms with Crippen molar-refractivity contribution in [1.82, 2.24) is 20.3 Å². The van der Waals surface area contributed by atoms with Crippen LogP contribution in [-0.2, 0) is 6.54 Å². The van der Waals surface area contributed by atoms with Gasteiger partial charge < -0.3 is 10.1 Å². The lowest BCUT2D eigenvalue weighted by molar-refractivity contribution is 0.0945. The fourth-order valence-electron chi connectivity index (χ4n) is 1.42. The topological polar surface area (TPSA) is 77.0 Å². The lowest BCUT2D eigenvalue weighted by Crippen LogP contribution is -2.24. The Kier molecular flexibility index (Phi) is 4.02. The van der Waals surface area contributed by atoms with Gasteiger partial charge >= 0.3 is 0 Å². The van der Waals surface area contributed by atoms with E-state index in [1.54, 1.807) is 25.6 Å². The number of carbonyl (C=O) groups is 1. The third-order valence-corrected chi connectivity index (χ3v) is 2.47. The van der Waals surface area contributed by atoms with Crippen molar-refractivity contribution in [3.8, 4) is 5.88 Å². The first-order chi connectivity index (χ1) is 9.19. The Labute approximate surface area is 110 Å². The third-order valence-electron chi connectivity index (χ3n) is 2.47. The molecule has 6 nitrogen and oxygen atoms in total. The predicted molar refractivity (Wildman–Crippen MR) is 68.7 cm³/mol. The molecule has 0 bridgehead atoms. The summed E-state index contributed by atoms with van der Waals surface area (Å²) in [5.74, 6) is 0.280. The molecule has 0 fully saturated rings. The van der Waals surface area contributed by atoms with Gasteiger partial charge in [-0.15, -0.1) is 0 Å². The van der Waals surface area contributed by atoms with Crippen LogP contribution in [-0.4, -0.2) is 28.0 Å². The van der Waals surface area contributed by atoms with E-state index in [4.69, 9.17) is 4.74 Å². The third kappa shape index (κ3) is 3.48. The van der Waals surface area contributed by atoms with Gasteiger partial charge in [-0.2, -0.15) is 0 Å². The highest BCUT2D eigenvalue weighted by Crippen LogP contribution is 2.06. The van der Waals surface area contributed by atoms with E-state index in [1.807, 2.05) is 13.0 Å². The molecule has 0 spiro atoms. The first kappa shape index (κ1) is 12.9. The molecule has 0 atom stereocenters. The lowest BCUT2D eigenvalue weighted by Gasteiger charge is -2.05. The van der Waals surface area contributed by atoms with Gasteiger partial charge in [-0.25, -0.2) is 9.97 Å². The van der Waals surface area contributed by atoms with E-state index in [1.165, 1.54) is 6.20 Å². The number of hydrogen-bond acceptors (Lipinski definition) is 5. The Hall–Kier alpha value is -2.50. The molecule has 2 rings (SSSR count). The summed E-state index contributed by atoms with van der Waals surface area (Å²) in [4.78, 5) is 23.9. The fraction of sp³-hybridized carbons (Fsp3) is 0.231. The number of methoxy groups -OCH3 is 1. The van der Waals surface area contributed by atoms with Crippen molar-refractivity contribution in [2.45, 2.75) is 13.5 Å². The maximum absolute atomic E-state index is 11.8. The standard InChI is InChI=1S/C13H14N4O2/c1-9-5-15-11(8-14-9)13(18)17-7-10-3-4-12(19-2)16-6-10/h3-6,8H,7H2,1-2H3,(H,17,18). The summed E-state index contributed by atoms with van der Waals surface area (Å²) in [6.45, 7) is 2.20. The number of carbonyl (C=O) groups excluding carboxylic acids is 1. The number of ether oxygens (including phenoxy) is 1. The molecule has 0 unspecified atom stereocenters. The Morgan fingerprint density at radius 1 is 1.21 bits per heavy atom. The molecule has 0 aromatic carbocycles. The number of aryl methyl sites for hydroxylation is 1. The van der Waals surface area contributed by atoms with Crippen LogP contribution in [0.25, 0.3) is 0 Å². The minimum Gasteiger partial charge on any atom is -0.481 e. The molecule has 0 saturated heterocycles. The molecule has 0 radical (unpaired) electrons. The number of hydrogen-bond donors (Lipinski definition) is 1. The van der Waals surface area contributed by atoms with Gasteiger partial charge in [0.2, 0.25) is 5.88 Å². The highest BCUT2D eigenvalue weighted by atomic mass is 16.5. The minimum atomic E-state index is -0.261. The van der Waals surface area contributed by atoms with Crippen LogP contribution >= 0.6 is 0 Å². The van der Waals surface area contributed by atoms with E-state index < -0.39 is 0 Å². The zero-order valence-electron chi connectivity index (χ0n) is 10.8. The number of pyridine rings is 1. The lowest BCUT2D eigenvalue weighted by atomic mass is 10.3. The smallest absolute Gasteiger partial charge is 0.271 e. The normalized spacial score (nSPS) is 10.0. The molecule has 2 heterocycles. The Morgan fingerprint density at radius 2 is 2.05 bits per heavy atom. The SMILES string of the molecule is COc1ccc(CNC(=O)c2cnc(C)cn2)cn1. The van der Waals surface area contributed by atoms with Crippen molar-refractivity contribution in [1.29, 1.82) is 0 Å². The van der Waals surface area contributed by atoms with Crippen LogP contribution in [0.4, 0.5) is 0 Å². The molecule has 6 heteroatoms. The first-order valence-electron chi connectivity index (χ1n) is 5.75. The van der Waals surface area contributed by atoms with Gasteiger partial charge in [0, 0.05) is 25.0 Å². The second kappa shape index (κ2) is 5.90. The van der Waals surface area contributed by atoms with E-state index in [9.17, 15) is 4.79 Å². The zero-order chi connectivity index (χ0) is 13.7. The molecule has 19 heavy (non-hydrogen) atoms. The number of nitrogens with one attached hydrogen (secondary N) is 1. The predicted octanol–water partition coefficient (Wildman–Crippen LogP) is 1.12. The summed E-state index contributed by atoms with van der Waals surface area (Å²) in [7, 11) is 1.56. The van der Waals surface area contributed by atoms with Gasteiger partial charge in [0.15, 0.2) is 0 Å². The highest BCUT2D eigenvalue weighted by molar-refractivity contribution is 5.91. The van der Waals surface area contributed by atoms with Gasteiger partial charge in [-0.1, -0.05) is 6.07 Å². The van der Waals surface area contributed by atoms with E-state index in [0.717, 1.165) is 11.3 Å². The largest absolute Gasteiger partial charge is 0.481 e. The molecule has 0 saturated carbocycles. The molecular formula is C13H14N4O2. The average Bonchev–Trinajstić information content (AvgIpc) is 2.46. The van der Waals surface area contributed by atoms with E-state index in [2.05, 4.69) is 20.3 Å². The molecule has 0 aliphatic carbocycles. The van der Waals surface area contributed by atoms with Crippen molar-refractivity contribution in [3.63, 3.8) is 0 Å².